The van der Waals surface area contributed by atoms with Crippen LogP contribution in [0.4, 0.5) is 5.69 Å². The number of β-amino-alcohol motifs (C(OH)–C–C–N with tert-alkyl or cyclic N) is 1. The monoisotopic (exact) mass is 367 g/mol. The first kappa shape index (κ1) is 19.4. The highest BCUT2D eigenvalue weighted by atomic mass is 16.3. The molecular weight excluding hydrogens is 338 g/mol. The number of carbonyl (C=O) groups excluding carboxylic acids is 1. The van der Waals surface area contributed by atoms with Crippen molar-refractivity contribution in [2.45, 2.75) is 18.9 Å². The molecule has 5 heteroatoms. The van der Waals surface area contributed by atoms with Crippen LogP contribution in [0.5, 0.6) is 0 Å². The van der Waals surface area contributed by atoms with Gasteiger partial charge in [0.2, 0.25) is 0 Å². The van der Waals surface area contributed by atoms with Crippen LogP contribution in [-0.4, -0.2) is 62.3 Å². The lowest BCUT2D eigenvalue weighted by molar-refractivity contribution is 0.0903. The van der Waals surface area contributed by atoms with Gasteiger partial charge in [0, 0.05) is 56.6 Å². The summed E-state index contributed by atoms with van der Waals surface area (Å²) in [5, 5.41) is 12.2. The molecule has 0 bridgehead atoms. The van der Waals surface area contributed by atoms with E-state index in [1.54, 1.807) is 0 Å². The van der Waals surface area contributed by atoms with Gasteiger partial charge in [-0.15, -0.1) is 0 Å². The maximum Gasteiger partial charge on any atom is 0.251 e. The van der Waals surface area contributed by atoms with Crippen molar-refractivity contribution < 1.29 is 9.90 Å². The van der Waals surface area contributed by atoms with Crippen LogP contribution in [0.15, 0.2) is 48.5 Å². The number of aliphatic hydroxyl groups is 1. The Morgan fingerprint density at radius 1 is 1.15 bits per heavy atom. The molecule has 0 aromatic heterocycles. The molecule has 3 rings (SSSR count). The fraction of sp³-hybridized carbons (Fsp3) is 0.409. The Morgan fingerprint density at radius 2 is 1.89 bits per heavy atom. The van der Waals surface area contributed by atoms with E-state index in [-0.39, 0.29) is 18.6 Å². The number of anilines is 1. The third-order valence-electron chi connectivity index (χ3n) is 5.16. The number of hydrogen-bond acceptors (Lipinski definition) is 4. The van der Waals surface area contributed by atoms with Gasteiger partial charge >= 0.3 is 0 Å². The van der Waals surface area contributed by atoms with Gasteiger partial charge < -0.3 is 20.2 Å². The molecule has 1 amide bonds. The number of nitrogens with one attached hydrogen (secondary N) is 1. The van der Waals surface area contributed by atoms with E-state index in [2.05, 4.69) is 27.2 Å². The SMILES string of the molecule is CN(C)c1ccccc1-c1cccc(C(=O)NC2CCN(CCO)CC2)c1. The second-order valence-corrected chi connectivity index (χ2v) is 7.31. The van der Waals surface area contributed by atoms with Crippen LogP contribution in [0.25, 0.3) is 11.1 Å². The quantitative estimate of drug-likeness (QED) is 0.824. The fourth-order valence-electron chi connectivity index (χ4n) is 3.65. The summed E-state index contributed by atoms with van der Waals surface area (Å²) in [5.74, 6) is -0.0141. The van der Waals surface area contributed by atoms with Gasteiger partial charge in [0.15, 0.2) is 0 Å². The summed E-state index contributed by atoms with van der Waals surface area (Å²) in [4.78, 5) is 17.1. The first-order chi connectivity index (χ1) is 13.1. The maximum atomic E-state index is 12.7. The molecule has 1 aliphatic heterocycles. The zero-order valence-electron chi connectivity index (χ0n) is 16.2. The molecule has 0 aliphatic carbocycles. The highest BCUT2D eigenvalue weighted by Crippen LogP contribution is 2.30. The van der Waals surface area contributed by atoms with Crippen LogP contribution in [0.2, 0.25) is 0 Å². The molecule has 1 aliphatic rings. The van der Waals surface area contributed by atoms with Gasteiger partial charge in [-0.25, -0.2) is 0 Å². The Morgan fingerprint density at radius 3 is 2.59 bits per heavy atom. The Labute approximate surface area is 161 Å². The van der Waals surface area contributed by atoms with Gasteiger partial charge in [0.05, 0.1) is 6.61 Å². The topological polar surface area (TPSA) is 55.8 Å². The minimum atomic E-state index is -0.0141. The number of para-hydroxylation sites is 1. The van der Waals surface area contributed by atoms with Gasteiger partial charge in [-0.05, 0) is 36.6 Å². The molecule has 1 saturated heterocycles. The van der Waals surface area contributed by atoms with Gasteiger partial charge in [0.1, 0.15) is 0 Å². The molecule has 0 spiro atoms. The number of nitrogens with zero attached hydrogens (tertiary/aromatic N) is 2. The van der Waals surface area contributed by atoms with E-state index in [0.29, 0.717) is 12.1 Å². The molecule has 144 valence electrons. The summed E-state index contributed by atoms with van der Waals surface area (Å²) < 4.78 is 0. The van der Waals surface area contributed by atoms with Crippen LogP contribution in [0.3, 0.4) is 0 Å². The molecule has 2 aromatic rings. The lowest BCUT2D eigenvalue weighted by Gasteiger charge is -2.31. The molecule has 2 N–H and O–H groups in total. The van der Waals surface area contributed by atoms with E-state index in [1.807, 2.05) is 50.5 Å². The first-order valence-electron chi connectivity index (χ1n) is 9.59. The van der Waals surface area contributed by atoms with Crippen molar-refractivity contribution in [3.8, 4) is 11.1 Å². The number of rotatable bonds is 6. The number of amides is 1. The van der Waals surface area contributed by atoms with Crippen molar-refractivity contribution in [2.75, 3.05) is 45.2 Å². The van der Waals surface area contributed by atoms with Gasteiger partial charge in [-0.3, -0.25) is 4.79 Å². The number of benzene rings is 2. The minimum Gasteiger partial charge on any atom is -0.395 e. The standard InChI is InChI=1S/C22H29N3O2/c1-24(2)21-9-4-3-8-20(21)17-6-5-7-18(16-17)22(27)23-19-10-12-25(13-11-19)14-15-26/h3-9,16,19,26H,10-15H2,1-2H3,(H,23,27). The maximum absolute atomic E-state index is 12.7. The van der Waals surface area contributed by atoms with Crippen molar-refractivity contribution in [3.05, 3.63) is 54.1 Å². The van der Waals surface area contributed by atoms with E-state index in [9.17, 15) is 4.79 Å². The molecule has 27 heavy (non-hydrogen) atoms. The van der Waals surface area contributed by atoms with Crippen LogP contribution in [-0.2, 0) is 0 Å². The average molecular weight is 367 g/mol. The van der Waals surface area contributed by atoms with E-state index in [4.69, 9.17) is 5.11 Å². The highest BCUT2D eigenvalue weighted by Gasteiger charge is 2.21. The fourth-order valence-corrected chi connectivity index (χ4v) is 3.65. The van der Waals surface area contributed by atoms with E-state index >= 15 is 0 Å². The minimum absolute atomic E-state index is 0.0141. The predicted octanol–water partition coefficient (Wildman–Crippen LogP) is 2.61. The molecule has 2 aromatic carbocycles. The third kappa shape index (κ3) is 4.87. The average Bonchev–Trinajstić information content (AvgIpc) is 2.69. The summed E-state index contributed by atoms with van der Waals surface area (Å²) in [7, 11) is 4.05. The predicted molar refractivity (Wildman–Crippen MR) is 110 cm³/mol. The Hall–Kier alpha value is -2.37. The molecule has 0 unspecified atom stereocenters. The molecule has 0 saturated carbocycles. The normalized spacial score (nSPS) is 15.5. The van der Waals surface area contributed by atoms with E-state index < -0.39 is 0 Å². The Balaban J connectivity index is 1.70. The number of aliphatic hydroxyl groups excluding tert-OH is 1. The largest absolute Gasteiger partial charge is 0.395 e. The van der Waals surface area contributed by atoms with E-state index in [0.717, 1.165) is 42.7 Å². The van der Waals surface area contributed by atoms with Crippen molar-refractivity contribution in [1.29, 1.82) is 0 Å². The molecule has 1 fully saturated rings. The van der Waals surface area contributed by atoms with Gasteiger partial charge in [-0.1, -0.05) is 30.3 Å². The first-order valence-corrected chi connectivity index (χ1v) is 9.59. The number of hydrogen-bond donors (Lipinski definition) is 2. The molecule has 5 nitrogen and oxygen atoms in total. The third-order valence-corrected chi connectivity index (χ3v) is 5.16. The second-order valence-electron chi connectivity index (χ2n) is 7.31. The van der Waals surface area contributed by atoms with Crippen LogP contribution in [0, 0.1) is 0 Å². The smallest absolute Gasteiger partial charge is 0.251 e. The number of carbonyl (C=O) groups is 1. The number of piperidine rings is 1. The summed E-state index contributed by atoms with van der Waals surface area (Å²) in [6.07, 6.45) is 1.85. The summed E-state index contributed by atoms with van der Waals surface area (Å²) in [6.45, 7) is 2.75. The zero-order valence-corrected chi connectivity index (χ0v) is 16.2. The Bertz CT molecular complexity index is 768. The van der Waals surface area contributed by atoms with Crippen molar-refractivity contribution in [2.24, 2.45) is 0 Å². The molecular formula is C22H29N3O2. The van der Waals surface area contributed by atoms with Crippen molar-refractivity contribution in [1.82, 2.24) is 10.2 Å². The summed E-state index contributed by atoms with van der Waals surface area (Å²) >= 11 is 0. The highest BCUT2D eigenvalue weighted by molar-refractivity contribution is 5.96. The lowest BCUT2D eigenvalue weighted by Crippen LogP contribution is -2.45. The van der Waals surface area contributed by atoms with Crippen LogP contribution in [0.1, 0.15) is 23.2 Å². The lowest BCUT2D eigenvalue weighted by atomic mass is 10.00. The zero-order chi connectivity index (χ0) is 19.2. The van der Waals surface area contributed by atoms with Gasteiger partial charge in [0.25, 0.3) is 5.91 Å². The second kappa shape index (κ2) is 9.02. The Kier molecular flexibility index (Phi) is 6.48. The number of likely N-dealkylation sites (tertiary alicyclic amines) is 1. The van der Waals surface area contributed by atoms with Crippen LogP contribution < -0.4 is 10.2 Å². The van der Waals surface area contributed by atoms with Crippen molar-refractivity contribution >= 4 is 11.6 Å². The van der Waals surface area contributed by atoms with Crippen LogP contribution >= 0.6 is 0 Å². The molecule has 0 atom stereocenters. The molecule has 0 radical (unpaired) electrons. The van der Waals surface area contributed by atoms with Crippen molar-refractivity contribution in [3.63, 3.8) is 0 Å². The molecule has 1 heterocycles. The van der Waals surface area contributed by atoms with E-state index in [1.165, 1.54) is 0 Å². The van der Waals surface area contributed by atoms with Gasteiger partial charge in [-0.2, -0.15) is 0 Å². The summed E-state index contributed by atoms with van der Waals surface area (Å²) in [6, 6.07) is 16.3. The summed E-state index contributed by atoms with van der Waals surface area (Å²) in [5.41, 5.74) is 3.99.